The van der Waals surface area contributed by atoms with Gasteiger partial charge in [-0.05, 0) is 37.0 Å². The van der Waals surface area contributed by atoms with Gasteiger partial charge >= 0.3 is 0 Å². The second-order valence-electron chi connectivity index (χ2n) is 5.28. The third-order valence-electron chi connectivity index (χ3n) is 3.55. The van der Waals surface area contributed by atoms with Crippen LogP contribution in [0.2, 0.25) is 0 Å². The molecular formula is C14H26O. The van der Waals surface area contributed by atoms with Gasteiger partial charge in [-0.25, -0.2) is 0 Å². The molecule has 0 bridgehead atoms. The first-order chi connectivity index (χ1) is 7.15. The normalized spacial score (nSPS) is 32.5. The number of rotatable bonds is 4. The monoisotopic (exact) mass is 210 g/mol. The number of allylic oxidation sites excluding steroid dienone is 1. The van der Waals surface area contributed by atoms with Crippen molar-refractivity contribution in [3.63, 3.8) is 0 Å². The summed E-state index contributed by atoms with van der Waals surface area (Å²) in [5.41, 5.74) is 0. The molecule has 0 aromatic carbocycles. The van der Waals surface area contributed by atoms with Gasteiger partial charge in [0.05, 0.1) is 6.26 Å². The molecule has 0 unspecified atom stereocenters. The van der Waals surface area contributed by atoms with E-state index in [1.54, 1.807) is 0 Å². The lowest BCUT2D eigenvalue weighted by Gasteiger charge is -2.36. The predicted molar refractivity (Wildman–Crippen MR) is 65.6 cm³/mol. The van der Waals surface area contributed by atoms with Crippen LogP contribution in [0.5, 0.6) is 0 Å². The van der Waals surface area contributed by atoms with Crippen LogP contribution in [0, 0.1) is 17.8 Å². The lowest BCUT2D eigenvalue weighted by Crippen LogP contribution is -2.33. The molecule has 1 heteroatoms. The van der Waals surface area contributed by atoms with E-state index in [-0.39, 0.29) is 0 Å². The zero-order valence-corrected chi connectivity index (χ0v) is 10.7. The van der Waals surface area contributed by atoms with Crippen molar-refractivity contribution in [2.45, 2.75) is 59.5 Å². The highest BCUT2D eigenvalue weighted by molar-refractivity contribution is 4.84. The first kappa shape index (κ1) is 12.6. The molecule has 0 saturated heterocycles. The van der Waals surface area contributed by atoms with Gasteiger partial charge in [-0.1, -0.05) is 40.2 Å². The summed E-state index contributed by atoms with van der Waals surface area (Å²) in [6.45, 7) is 9.13. The van der Waals surface area contributed by atoms with Crippen molar-refractivity contribution in [2.75, 3.05) is 0 Å². The Kier molecular flexibility index (Phi) is 5.21. The largest absolute Gasteiger partial charge is 0.498 e. The first-order valence-electron chi connectivity index (χ1n) is 6.45. The summed E-state index contributed by atoms with van der Waals surface area (Å²) in [4.78, 5) is 0. The van der Waals surface area contributed by atoms with Crippen molar-refractivity contribution in [2.24, 2.45) is 17.8 Å². The fraction of sp³-hybridized carbons (Fsp3) is 0.857. The van der Waals surface area contributed by atoms with E-state index in [1.165, 1.54) is 19.3 Å². The summed E-state index contributed by atoms with van der Waals surface area (Å²) in [6, 6.07) is 0. The molecule has 0 amide bonds. The highest BCUT2D eigenvalue weighted by Crippen LogP contribution is 2.35. The highest BCUT2D eigenvalue weighted by atomic mass is 16.5. The quantitative estimate of drug-likeness (QED) is 0.625. The molecule has 1 aliphatic rings. The van der Waals surface area contributed by atoms with Crippen molar-refractivity contribution in [1.29, 1.82) is 0 Å². The van der Waals surface area contributed by atoms with Crippen LogP contribution in [0.1, 0.15) is 53.4 Å². The molecule has 0 aromatic heterocycles. The van der Waals surface area contributed by atoms with Gasteiger partial charge in [0, 0.05) is 0 Å². The van der Waals surface area contributed by atoms with E-state index >= 15 is 0 Å². The Hall–Kier alpha value is -0.460. The summed E-state index contributed by atoms with van der Waals surface area (Å²) in [6.07, 6.45) is 9.49. The second kappa shape index (κ2) is 6.19. The van der Waals surface area contributed by atoms with Gasteiger partial charge in [0.1, 0.15) is 6.10 Å². The van der Waals surface area contributed by atoms with Crippen LogP contribution in [0.25, 0.3) is 0 Å². The maximum Gasteiger partial charge on any atom is 0.101 e. The standard InChI is InChI=1S/C14H26O/c1-5-6-9-15-14-10-12(4)7-8-13(14)11(2)3/h6,9,11-14H,5,7-8,10H2,1-4H3/t12-,13+,14-/m1/s1. The summed E-state index contributed by atoms with van der Waals surface area (Å²) in [5.74, 6) is 2.33. The van der Waals surface area contributed by atoms with Crippen molar-refractivity contribution in [3.8, 4) is 0 Å². The summed E-state index contributed by atoms with van der Waals surface area (Å²) in [7, 11) is 0. The van der Waals surface area contributed by atoms with Crippen molar-refractivity contribution in [3.05, 3.63) is 12.3 Å². The van der Waals surface area contributed by atoms with Gasteiger partial charge in [0.25, 0.3) is 0 Å². The fourth-order valence-corrected chi connectivity index (χ4v) is 2.52. The minimum absolute atomic E-state index is 0.455. The molecule has 0 aliphatic heterocycles. The van der Waals surface area contributed by atoms with Gasteiger partial charge < -0.3 is 4.74 Å². The Bertz CT molecular complexity index is 196. The highest BCUT2D eigenvalue weighted by Gasteiger charge is 2.31. The molecule has 3 atom stereocenters. The maximum absolute atomic E-state index is 5.89. The predicted octanol–water partition coefficient (Wildman–Crippen LogP) is 4.39. The Morgan fingerprint density at radius 1 is 1.33 bits per heavy atom. The number of hydrogen-bond acceptors (Lipinski definition) is 1. The van der Waals surface area contributed by atoms with Crippen LogP contribution >= 0.6 is 0 Å². The van der Waals surface area contributed by atoms with Gasteiger partial charge in [-0.15, -0.1) is 0 Å². The lowest BCUT2D eigenvalue weighted by molar-refractivity contribution is 0.0133. The molecule has 15 heavy (non-hydrogen) atoms. The topological polar surface area (TPSA) is 9.23 Å². The van der Waals surface area contributed by atoms with Gasteiger partial charge in [0.15, 0.2) is 0 Å². The molecule has 1 nitrogen and oxygen atoms in total. The van der Waals surface area contributed by atoms with E-state index in [2.05, 4.69) is 33.8 Å². The molecule has 1 aliphatic carbocycles. The number of ether oxygens (including phenoxy) is 1. The van der Waals surface area contributed by atoms with E-state index in [1.807, 2.05) is 6.26 Å². The van der Waals surface area contributed by atoms with Crippen molar-refractivity contribution in [1.82, 2.24) is 0 Å². The Balaban J connectivity index is 2.50. The molecule has 0 aromatic rings. The van der Waals surface area contributed by atoms with Crippen LogP contribution in [-0.2, 0) is 4.74 Å². The summed E-state index contributed by atoms with van der Waals surface area (Å²) < 4.78 is 5.89. The Morgan fingerprint density at radius 3 is 2.67 bits per heavy atom. The lowest BCUT2D eigenvalue weighted by atomic mass is 9.75. The average molecular weight is 210 g/mol. The minimum atomic E-state index is 0.455. The first-order valence-corrected chi connectivity index (χ1v) is 6.45. The van der Waals surface area contributed by atoms with Crippen molar-refractivity contribution < 1.29 is 4.74 Å². The van der Waals surface area contributed by atoms with Crippen LogP contribution in [0.15, 0.2) is 12.3 Å². The molecule has 0 spiro atoms. The van der Waals surface area contributed by atoms with E-state index in [0.717, 1.165) is 24.2 Å². The molecule has 0 N–H and O–H groups in total. The molecule has 1 rings (SSSR count). The fourth-order valence-electron chi connectivity index (χ4n) is 2.52. The van der Waals surface area contributed by atoms with Crippen LogP contribution in [-0.4, -0.2) is 6.10 Å². The van der Waals surface area contributed by atoms with Gasteiger partial charge in [-0.3, -0.25) is 0 Å². The Labute approximate surface area is 94.9 Å². The molecular weight excluding hydrogens is 184 g/mol. The molecule has 88 valence electrons. The SMILES string of the molecule is CCC=CO[C@@H]1C[C@H](C)CC[C@H]1C(C)C. The zero-order valence-electron chi connectivity index (χ0n) is 10.7. The molecule has 0 radical (unpaired) electrons. The van der Waals surface area contributed by atoms with Gasteiger partial charge in [-0.2, -0.15) is 0 Å². The van der Waals surface area contributed by atoms with Crippen molar-refractivity contribution >= 4 is 0 Å². The van der Waals surface area contributed by atoms with E-state index in [9.17, 15) is 0 Å². The summed E-state index contributed by atoms with van der Waals surface area (Å²) in [5, 5.41) is 0. The zero-order chi connectivity index (χ0) is 11.3. The van der Waals surface area contributed by atoms with Gasteiger partial charge in [0.2, 0.25) is 0 Å². The van der Waals surface area contributed by atoms with Crippen LogP contribution in [0.4, 0.5) is 0 Å². The third kappa shape index (κ3) is 3.89. The second-order valence-corrected chi connectivity index (χ2v) is 5.28. The average Bonchev–Trinajstić information content (AvgIpc) is 2.18. The maximum atomic E-state index is 5.89. The van der Waals surface area contributed by atoms with Crippen LogP contribution < -0.4 is 0 Å². The van der Waals surface area contributed by atoms with E-state index in [4.69, 9.17) is 4.74 Å². The molecule has 0 heterocycles. The Morgan fingerprint density at radius 2 is 2.07 bits per heavy atom. The third-order valence-corrected chi connectivity index (χ3v) is 3.55. The molecule has 1 saturated carbocycles. The van der Waals surface area contributed by atoms with E-state index < -0.39 is 0 Å². The number of hydrogen-bond donors (Lipinski definition) is 0. The molecule has 1 fully saturated rings. The van der Waals surface area contributed by atoms with E-state index in [0.29, 0.717) is 6.10 Å². The minimum Gasteiger partial charge on any atom is -0.498 e. The van der Waals surface area contributed by atoms with Crippen LogP contribution in [0.3, 0.4) is 0 Å². The smallest absolute Gasteiger partial charge is 0.101 e. The summed E-state index contributed by atoms with van der Waals surface area (Å²) >= 11 is 0.